The van der Waals surface area contributed by atoms with Crippen LogP contribution in [0.25, 0.3) is 0 Å². The van der Waals surface area contributed by atoms with Gasteiger partial charge in [0.1, 0.15) is 5.75 Å². The zero-order valence-corrected chi connectivity index (χ0v) is 15.5. The van der Waals surface area contributed by atoms with Crippen LogP contribution < -0.4 is 9.64 Å². The van der Waals surface area contributed by atoms with Gasteiger partial charge in [-0.1, -0.05) is 12.1 Å². The quantitative estimate of drug-likeness (QED) is 0.825. The van der Waals surface area contributed by atoms with Crippen molar-refractivity contribution in [1.82, 2.24) is 9.80 Å². The van der Waals surface area contributed by atoms with Gasteiger partial charge < -0.3 is 19.3 Å². The predicted octanol–water partition coefficient (Wildman–Crippen LogP) is 1.45. The van der Waals surface area contributed by atoms with Crippen LogP contribution in [0.3, 0.4) is 0 Å². The van der Waals surface area contributed by atoms with E-state index in [9.17, 15) is 4.79 Å². The number of amides is 1. The van der Waals surface area contributed by atoms with Gasteiger partial charge in [-0.2, -0.15) is 0 Å². The number of piperazine rings is 1. The molecule has 2 aliphatic rings. The van der Waals surface area contributed by atoms with Gasteiger partial charge in [0.05, 0.1) is 31.5 Å². The molecule has 1 amide bonds. The van der Waals surface area contributed by atoms with Crippen LogP contribution in [0, 0.1) is 0 Å². The number of ether oxygens (including phenoxy) is 2. The molecule has 2 fully saturated rings. The number of nitrogens with zero attached hydrogens (tertiary/aromatic N) is 3. The van der Waals surface area contributed by atoms with Crippen LogP contribution in [0.2, 0.25) is 0 Å². The first kappa shape index (κ1) is 18.0. The number of carbonyl (C=O) groups is 1. The first-order valence-corrected chi connectivity index (χ1v) is 9.10. The number of hydrogen-bond donors (Lipinski definition) is 0. The van der Waals surface area contributed by atoms with Gasteiger partial charge in [-0.15, -0.1) is 0 Å². The van der Waals surface area contributed by atoms with Crippen molar-refractivity contribution in [3.8, 4) is 5.75 Å². The topological polar surface area (TPSA) is 45.2 Å². The Hall–Kier alpha value is -1.79. The summed E-state index contributed by atoms with van der Waals surface area (Å²) in [4.78, 5) is 19.1. The molecule has 25 heavy (non-hydrogen) atoms. The van der Waals surface area contributed by atoms with E-state index in [2.05, 4.69) is 15.9 Å². The lowest BCUT2D eigenvalue weighted by Crippen LogP contribution is -2.54. The molecule has 1 aromatic rings. The molecule has 0 aromatic heterocycles. The second kappa shape index (κ2) is 8.06. The molecule has 1 aromatic carbocycles. The van der Waals surface area contributed by atoms with Crippen LogP contribution in [-0.4, -0.2) is 80.8 Å². The van der Waals surface area contributed by atoms with Gasteiger partial charge in [0.25, 0.3) is 0 Å². The van der Waals surface area contributed by atoms with E-state index in [-0.39, 0.29) is 18.1 Å². The molecule has 2 heterocycles. The van der Waals surface area contributed by atoms with Crippen molar-refractivity contribution in [2.45, 2.75) is 26.1 Å². The van der Waals surface area contributed by atoms with Crippen molar-refractivity contribution in [3.63, 3.8) is 0 Å². The fraction of sp³-hybridized carbons (Fsp3) is 0.632. The van der Waals surface area contributed by atoms with E-state index in [1.54, 1.807) is 7.11 Å². The summed E-state index contributed by atoms with van der Waals surface area (Å²) < 4.78 is 11.2. The second-order valence-corrected chi connectivity index (χ2v) is 6.99. The zero-order valence-electron chi connectivity index (χ0n) is 15.5. The fourth-order valence-corrected chi connectivity index (χ4v) is 3.71. The third-order valence-corrected chi connectivity index (χ3v) is 4.93. The molecule has 6 heteroatoms. The van der Waals surface area contributed by atoms with Gasteiger partial charge >= 0.3 is 0 Å². The lowest BCUT2D eigenvalue weighted by atomic mass is 10.2. The SMILES string of the molecule is COc1ccccc1N1CCN(CC(=O)N2CC(C)OC(C)C2)CC1. The Balaban J connectivity index is 1.51. The molecular formula is C19H29N3O3. The summed E-state index contributed by atoms with van der Waals surface area (Å²) in [6, 6.07) is 8.11. The Kier molecular flexibility index (Phi) is 5.81. The minimum atomic E-state index is 0.120. The number of methoxy groups -OCH3 is 1. The maximum atomic E-state index is 12.6. The lowest BCUT2D eigenvalue weighted by Gasteiger charge is -2.39. The summed E-state index contributed by atoms with van der Waals surface area (Å²) in [5, 5.41) is 0. The third-order valence-electron chi connectivity index (χ3n) is 4.93. The molecule has 2 aliphatic heterocycles. The fourth-order valence-electron chi connectivity index (χ4n) is 3.71. The molecule has 138 valence electrons. The monoisotopic (exact) mass is 347 g/mol. The van der Waals surface area contributed by atoms with Crippen molar-refractivity contribution >= 4 is 11.6 Å². The zero-order chi connectivity index (χ0) is 17.8. The molecule has 0 bridgehead atoms. The Morgan fingerprint density at radius 2 is 1.76 bits per heavy atom. The van der Waals surface area contributed by atoms with E-state index in [0.717, 1.165) is 37.6 Å². The average molecular weight is 347 g/mol. The predicted molar refractivity (Wildman–Crippen MR) is 98.2 cm³/mol. The Morgan fingerprint density at radius 1 is 1.12 bits per heavy atom. The van der Waals surface area contributed by atoms with Gasteiger partial charge in [-0.25, -0.2) is 0 Å². The smallest absolute Gasteiger partial charge is 0.236 e. The van der Waals surface area contributed by atoms with Crippen molar-refractivity contribution in [2.75, 3.05) is 57.8 Å². The molecule has 0 radical (unpaired) electrons. The highest BCUT2D eigenvalue weighted by Gasteiger charge is 2.28. The van der Waals surface area contributed by atoms with E-state index in [1.807, 2.05) is 36.9 Å². The van der Waals surface area contributed by atoms with Gasteiger partial charge in [0, 0.05) is 39.3 Å². The van der Waals surface area contributed by atoms with Crippen LogP contribution in [0.15, 0.2) is 24.3 Å². The molecule has 2 unspecified atom stereocenters. The molecular weight excluding hydrogens is 318 g/mol. The van der Waals surface area contributed by atoms with Crippen molar-refractivity contribution in [2.24, 2.45) is 0 Å². The van der Waals surface area contributed by atoms with Crippen molar-refractivity contribution in [3.05, 3.63) is 24.3 Å². The van der Waals surface area contributed by atoms with E-state index in [4.69, 9.17) is 9.47 Å². The van der Waals surface area contributed by atoms with Gasteiger partial charge in [-0.3, -0.25) is 9.69 Å². The Labute approximate surface area is 150 Å². The molecule has 2 saturated heterocycles. The Morgan fingerprint density at radius 3 is 2.40 bits per heavy atom. The number of hydrogen-bond acceptors (Lipinski definition) is 5. The largest absolute Gasteiger partial charge is 0.495 e. The maximum absolute atomic E-state index is 12.6. The molecule has 0 saturated carbocycles. The minimum absolute atomic E-state index is 0.120. The van der Waals surface area contributed by atoms with Crippen LogP contribution >= 0.6 is 0 Å². The minimum Gasteiger partial charge on any atom is -0.495 e. The molecule has 2 atom stereocenters. The molecule has 0 spiro atoms. The molecule has 0 N–H and O–H groups in total. The summed E-state index contributed by atoms with van der Waals surface area (Å²) in [5.41, 5.74) is 1.13. The standard InChI is InChI=1S/C19H29N3O3/c1-15-12-22(13-16(2)25-15)19(23)14-20-8-10-21(11-9-20)17-6-4-5-7-18(17)24-3/h4-7,15-16H,8-14H2,1-3H3. The van der Waals surface area contributed by atoms with E-state index >= 15 is 0 Å². The van der Waals surface area contributed by atoms with Gasteiger partial charge in [0.2, 0.25) is 5.91 Å². The third kappa shape index (κ3) is 4.44. The maximum Gasteiger partial charge on any atom is 0.236 e. The van der Waals surface area contributed by atoms with Crippen LogP contribution in [-0.2, 0) is 9.53 Å². The molecule has 0 aliphatic carbocycles. The second-order valence-electron chi connectivity index (χ2n) is 6.99. The first-order valence-electron chi connectivity index (χ1n) is 9.10. The summed E-state index contributed by atoms with van der Waals surface area (Å²) in [5.74, 6) is 1.12. The highest BCUT2D eigenvalue weighted by molar-refractivity contribution is 5.78. The van der Waals surface area contributed by atoms with E-state index < -0.39 is 0 Å². The summed E-state index contributed by atoms with van der Waals surface area (Å²) in [7, 11) is 1.71. The summed E-state index contributed by atoms with van der Waals surface area (Å²) in [6.07, 6.45) is 0.241. The summed E-state index contributed by atoms with van der Waals surface area (Å²) in [6.45, 7) is 9.55. The van der Waals surface area contributed by atoms with Crippen LogP contribution in [0.5, 0.6) is 5.75 Å². The summed E-state index contributed by atoms with van der Waals surface area (Å²) >= 11 is 0. The number of benzene rings is 1. The van der Waals surface area contributed by atoms with E-state index in [1.165, 1.54) is 0 Å². The van der Waals surface area contributed by atoms with Crippen molar-refractivity contribution < 1.29 is 14.3 Å². The number of carbonyl (C=O) groups excluding carboxylic acids is 1. The van der Waals surface area contributed by atoms with Gasteiger partial charge in [0.15, 0.2) is 0 Å². The molecule has 6 nitrogen and oxygen atoms in total. The van der Waals surface area contributed by atoms with Gasteiger partial charge in [-0.05, 0) is 26.0 Å². The molecule has 3 rings (SSSR count). The highest BCUT2D eigenvalue weighted by Crippen LogP contribution is 2.28. The van der Waals surface area contributed by atoms with Crippen LogP contribution in [0.1, 0.15) is 13.8 Å². The van der Waals surface area contributed by atoms with Crippen molar-refractivity contribution in [1.29, 1.82) is 0 Å². The number of morpholine rings is 1. The van der Waals surface area contributed by atoms with E-state index in [0.29, 0.717) is 19.6 Å². The number of para-hydroxylation sites is 2. The number of anilines is 1. The average Bonchev–Trinajstić information content (AvgIpc) is 2.61. The number of rotatable bonds is 4. The Bertz CT molecular complexity index is 577. The lowest BCUT2D eigenvalue weighted by molar-refractivity contribution is -0.144. The highest BCUT2D eigenvalue weighted by atomic mass is 16.5. The van der Waals surface area contributed by atoms with Crippen LogP contribution in [0.4, 0.5) is 5.69 Å². The first-order chi connectivity index (χ1) is 12.1. The normalized spacial score (nSPS) is 25.1.